The van der Waals surface area contributed by atoms with Crippen molar-refractivity contribution >= 4 is 0 Å². The molecule has 0 atom stereocenters. The van der Waals surface area contributed by atoms with Crippen molar-refractivity contribution in [2.75, 3.05) is 0 Å². The fourth-order valence-corrected chi connectivity index (χ4v) is 1.21. The number of hydrogen-bond acceptors (Lipinski definition) is 1. The highest BCUT2D eigenvalue weighted by molar-refractivity contribution is 5.17. The SMILES string of the molecule is [C+]1=CC=CN1Cc1ccccc1. The van der Waals surface area contributed by atoms with E-state index in [9.17, 15) is 0 Å². The molecule has 58 valence electrons. The molecular weight excluding hydrogens is 146 g/mol. The van der Waals surface area contributed by atoms with Crippen LogP contribution in [0.2, 0.25) is 0 Å². The number of nitrogens with zero attached hydrogens (tertiary/aromatic N) is 1. The summed E-state index contributed by atoms with van der Waals surface area (Å²) in [7, 11) is 0. The van der Waals surface area contributed by atoms with Gasteiger partial charge in [-0.1, -0.05) is 30.3 Å². The van der Waals surface area contributed by atoms with E-state index >= 15 is 0 Å². The smallest absolute Gasteiger partial charge is 0.156 e. The third kappa shape index (κ3) is 1.52. The number of benzene rings is 1. The van der Waals surface area contributed by atoms with Crippen LogP contribution in [-0.2, 0) is 6.54 Å². The van der Waals surface area contributed by atoms with E-state index in [0.717, 1.165) is 6.54 Å². The van der Waals surface area contributed by atoms with Gasteiger partial charge in [0.25, 0.3) is 0 Å². The predicted octanol–water partition coefficient (Wildman–Crippen LogP) is 2.33. The largest absolute Gasteiger partial charge is 0.188 e. The molecule has 1 aromatic rings. The molecule has 0 spiro atoms. The van der Waals surface area contributed by atoms with Crippen molar-refractivity contribution in [3.05, 3.63) is 60.4 Å². The minimum atomic E-state index is 0.911. The zero-order valence-corrected chi connectivity index (χ0v) is 6.77. The summed E-state index contributed by atoms with van der Waals surface area (Å²) in [5.41, 5.74) is 1.31. The van der Waals surface area contributed by atoms with E-state index in [1.165, 1.54) is 5.56 Å². The third-order valence-corrected chi connectivity index (χ3v) is 1.80. The maximum atomic E-state index is 3.10. The molecule has 1 heteroatoms. The van der Waals surface area contributed by atoms with Gasteiger partial charge < -0.3 is 0 Å². The Morgan fingerprint density at radius 1 is 1.17 bits per heavy atom. The Hall–Kier alpha value is -1.59. The van der Waals surface area contributed by atoms with E-state index in [-0.39, 0.29) is 0 Å². The Bertz CT molecular complexity index is 286. The maximum Gasteiger partial charge on any atom is 0.156 e. The first-order chi connectivity index (χ1) is 5.95. The van der Waals surface area contributed by atoms with Crippen molar-refractivity contribution in [1.29, 1.82) is 0 Å². The van der Waals surface area contributed by atoms with Crippen molar-refractivity contribution in [3.63, 3.8) is 0 Å². The van der Waals surface area contributed by atoms with Crippen LogP contribution in [0.5, 0.6) is 0 Å². The van der Waals surface area contributed by atoms with Gasteiger partial charge in [0.2, 0.25) is 0 Å². The third-order valence-electron chi connectivity index (χ3n) is 1.80. The number of hydrogen-bond donors (Lipinski definition) is 0. The fourth-order valence-electron chi connectivity index (χ4n) is 1.21. The van der Waals surface area contributed by atoms with Crippen LogP contribution < -0.4 is 0 Å². The molecule has 1 heterocycles. The van der Waals surface area contributed by atoms with E-state index in [0.29, 0.717) is 0 Å². The molecular formula is C11H10N+. The number of rotatable bonds is 2. The quantitative estimate of drug-likeness (QED) is 0.594. The van der Waals surface area contributed by atoms with Crippen molar-refractivity contribution in [3.8, 4) is 0 Å². The topological polar surface area (TPSA) is 3.24 Å². The maximum absolute atomic E-state index is 3.10. The lowest BCUT2D eigenvalue weighted by Crippen LogP contribution is -2.06. The molecule has 1 aliphatic rings. The van der Waals surface area contributed by atoms with E-state index in [1.54, 1.807) is 0 Å². The predicted molar refractivity (Wildman–Crippen MR) is 48.9 cm³/mol. The van der Waals surface area contributed by atoms with Gasteiger partial charge in [0.15, 0.2) is 6.20 Å². The molecule has 0 unspecified atom stereocenters. The highest BCUT2D eigenvalue weighted by Gasteiger charge is 2.07. The van der Waals surface area contributed by atoms with Gasteiger partial charge in [-0.15, -0.1) is 0 Å². The summed E-state index contributed by atoms with van der Waals surface area (Å²) in [6.45, 7) is 0.911. The summed E-state index contributed by atoms with van der Waals surface area (Å²) in [5, 5.41) is 0. The van der Waals surface area contributed by atoms with Gasteiger partial charge in [0.1, 0.15) is 18.4 Å². The number of allylic oxidation sites excluding steroid dienone is 2. The summed E-state index contributed by atoms with van der Waals surface area (Å²) in [6.07, 6.45) is 9.03. The van der Waals surface area contributed by atoms with Gasteiger partial charge in [0, 0.05) is 0 Å². The average Bonchev–Trinajstić information content (AvgIpc) is 2.59. The summed E-state index contributed by atoms with van der Waals surface area (Å²) in [6, 6.07) is 10.4. The van der Waals surface area contributed by atoms with Crippen LogP contribution in [0.1, 0.15) is 5.56 Å². The lowest BCUT2D eigenvalue weighted by atomic mass is 10.2. The second-order valence-corrected chi connectivity index (χ2v) is 2.75. The van der Waals surface area contributed by atoms with Gasteiger partial charge in [-0.25, -0.2) is 0 Å². The first kappa shape index (κ1) is 7.08. The molecule has 12 heavy (non-hydrogen) atoms. The van der Waals surface area contributed by atoms with Crippen LogP contribution in [-0.4, -0.2) is 4.90 Å². The molecule has 0 fully saturated rings. The molecule has 0 aromatic heterocycles. The Balaban J connectivity index is 2.04. The highest BCUT2D eigenvalue weighted by Crippen LogP contribution is 2.07. The summed E-state index contributed by atoms with van der Waals surface area (Å²) < 4.78 is 0. The van der Waals surface area contributed by atoms with Crippen molar-refractivity contribution < 1.29 is 0 Å². The molecule has 0 saturated heterocycles. The molecule has 1 aliphatic heterocycles. The lowest BCUT2D eigenvalue weighted by molar-refractivity contribution is 0.490. The first-order valence-electron chi connectivity index (χ1n) is 4.02. The second-order valence-electron chi connectivity index (χ2n) is 2.75. The Kier molecular flexibility index (Phi) is 1.89. The van der Waals surface area contributed by atoms with Gasteiger partial charge >= 0.3 is 0 Å². The second kappa shape index (κ2) is 3.21. The Morgan fingerprint density at radius 3 is 2.67 bits per heavy atom. The molecule has 0 N–H and O–H groups in total. The standard InChI is InChI=1S/C11H10N/c1-2-6-11(7-3-1)10-12-8-4-5-9-12/h1-8H,10H2/q+1. The van der Waals surface area contributed by atoms with Gasteiger partial charge in [-0.2, -0.15) is 4.90 Å². The molecule has 2 rings (SSSR count). The molecule has 0 amide bonds. The molecule has 0 radical (unpaired) electrons. The van der Waals surface area contributed by atoms with Crippen LogP contribution in [0, 0.1) is 6.20 Å². The Morgan fingerprint density at radius 2 is 2.00 bits per heavy atom. The molecule has 0 saturated carbocycles. The minimum absolute atomic E-state index is 0.911. The zero-order chi connectivity index (χ0) is 8.23. The zero-order valence-electron chi connectivity index (χ0n) is 6.77. The Labute approximate surface area is 72.6 Å². The van der Waals surface area contributed by atoms with Gasteiger partial charge in [0.05, 0.1) is 6.54 Å². The van der Waals surface area contributed by atoms with Crippen LogP contribution >= 0.6 is 0 Å². The lowest BCUT2D eigenvalue weighted by Gasteiger charge is -2.02. The van der Waals surface area contributed by atoms with Gasteiger partial charge in [-0.05, 0) is 5.56 Å². The highest BCUT2D eigenvalue weighted by atomic mass is 15.1. The molecule has 0 bridgehead atoms. The van der Waals surface area contributed by atoms with E-state index in [4.69, 9.17) is 0 Å². The minimum Gasteiger partial charge on any atom is -0.188 e. The summed E-state index contributed by atoms with van der Waals surface area (Å²) in [4.78, 5) is 2.04. The van der Waals surface area contributed by atoms with E-state index in [2.05, 4.69) is 30.5 Å². The molecule has 0 aliphatic carbocycles. The van der Waals surface area contributed by atoms with Crippen LogP contribution in [0.25, 0.3) is 0 Å². The summed E-state index contributed by atoms with van der Waals surface area (Å²) >= 11 is 0. The van der Waals surface area contributed by atoms with Crippen molar-refractivity contribution in [2.45, 2.75) is 6.54 Å². The van der Waals surface area contributed by atoms with Crippen molar-refractivity contribution in [1.82, 2.24) is 4.90 Å². The molecule has 1 aromatic carbocycles. The normalized spacial score (nSPS) is 13.5. The van der Waals surface area contributed by atoms with Crippen LogP contribution in [0.4, 0.5) is 0 Å². The first-order valence-corrected chi connectivity index (χ1v) is 4.02. The van der Waals surface area contributed by atoms with Crippen molar-refractivity contribution in [2.24, 2.45) is 0 Å². The fraction of sp³-hybridized carbons (Fsp3) is 0.0909. The van der Waals surface area contributed by atoms with Gasteiger partial charge in [-0.3, -0.25) is 0 Å². The molecule has 1 nitrogen and oxygen atoms in total. The van der Waals surface area contributed by atoms with E-state index in [1.807, 2.05) is 29.3 Å². The monoisotopic (exact) mass is 156 g/mol. The summed E-state index contributed by atoms with van der Waals surface area (Å²) in [5.74, 6) is 0. The van der Waals surface area contributed by atoms with Crippen LogP contribution in [0.3, 0.4) is 0 Å². The van der Waals surface area contributed by atoms with Crippen LogP contribution in [0.15, 0.2) is 48.7 Å². The average molecular weight is 156 g/mol. The van der Waals surface area contributed by atoms with E-state index < -0.39 is 0 Å².